The minimum atomic E-state index is -1.56. The van der Waals surface area contributed by atoms with E-state index in [9.17, 15) is 76.7 Å². The smallest absolute Gasteiger partial charge is 0.313 e. The van der Waals surface area contributed by atoms with E-state index in [4.69, 9.17) is 11.5 Å². The molecule has 0 atom stereocenters. The number of nitrogens with two attached hydrogens (primary N) is 2. The predicted octanol–water partition coefficient (Wildman–Crippen LogP) is 6.00. The van der Waals surface area contributed by atoms with E-state index in [1.54, 1.807) is 58.8 Å². The molecule has 0 radical (unpaired) electrons. The van der Waals surface area contributed by atoms with Crippen LogP contribution in [0.15, 0.2) is 0 Å². The molecule has 0 bridgehead atoms. The van der Waals surface area contributed by atoms with Gasteiger partial charge in [0.05, 0.1) is 0 Å². The van der Waals surface area contributed by atoms with E-state index in [-0.39, 0.29) is 73.4 Å². The van der Waals surface area contributed by atoms with Crippen LogP contribution in [0.2, 0.25) is 0 Å². The van der Waals surface area contributed by atoms with Gasteiger partial charge in [-0.2, -0.15) is 0 Å². The van der Waals surface area contributed by atoms with Crippen LogP contribution in [0.1, 0.15) is 308 Å². The van der Waals surface area contributed by atoms with E-state index >= 15 is 0 Å². The number of carbonyl (C=O) groups is 16. The Kier molecular flexibility index (Phi) is 39.0. The maximum absolute atomic E-state index is 14.0. The number of hydrogen-bond acceptors (Lipinski definition) is 18. The number of likely N-dealkylation sites (tertiary alicyclic amines) is 16. The summed E-state index contributed by atoms with van der Waals surface area (Å²) in [7, 11) is 0. The molecule has 738 valence electrons. The molecule has 34 nitrogen and oxygen atoms in total. The summed E-state index contributed by atoms with van der Waals surface area (Å²) in [5.74, 6) is -6.90. The van der Waals surface area contributed by atoms with Crippen LogP contribution in [-0.4, -0.2) is 391 Å². The normalized spacial score (nSPS) is 23.7. The Morgan fingerprint density at radius 1 is 0.136 bits per heavy atom. The largest absolute Gasteiger partial charge is 0.340 e. The Morgan fingerprint density at radius 2 is 0.242 bits per heavy atom. The summed E-state index contributed by atoms with van der Waals surface area (Å²) in [6, 6.07) is 0. The number of rotatable bonds is 9. The van der Waals surface area contributed by atoms with Crippen molar-refractivity contribution in [3.8, 4) is 0 Å². The van der Waals surface area contributed by atoms with Crippen LogP contribution < -0.4 is 11.5 Å². The fourth-order valence-corrected chi connectivity index (χ4v) is 23.4. The molecule has 16 aliphatic rings. The highest BCUT2D eigenvalue weighted by molar-refractivity contribution is 6.39. The maximum Gasteiger partial charge on any atom is 0.313 e. The Bertz CT molecular complexity index is 3300. The van der Waals surface area contributed by atoms with E-state index in [2.05, 4.69) is 0 Å². The van der Waals surface area contributed by atoms with Crippen LogP contribution >= 0.6 is 0 Å². The first-order valence-corrected chi connectivity index (χ1v) is 52.3. The molecule has 0 aliphatic carbocycles. The molecular weight excluding hydrogens is 1690 g/mol. The number of amides is 16. The van der Waals surface area contributed by atoms with Crippen LogP contribution in [0.3, 0.4) is 0 Å². The molecule has 16 aliphatic heterocycles. The molecule has 16 amide bonds. The highest BCUT2D eigenvalue weighted by Gasteiger charge is 2.63. The van der Waals surface area contributed by atoms with Crippen molar-refractivity contribution in [2.75, 3.05) is 196 Å². The summed E-state index contributed by atoms with van der Waals surface area (Å²) in [6.45, 7) is 16.9. The van der Waals surface area contributed by atoms with E-state index < -0.39 is 69.4 Å². The molecule has 0 aromatic carbocycles. The summed E-state index contributed by atoms with van der Waals surface area (Å²) < 4.78 is 0. The average Bonchev–Trinajstić information content (AvgIpc) is 0.754. The molecule has 16 fully saturated rings. The number of hydrogen-bond donors (Lipinski definition) is 2. The first-order valence-electron chi connectivity index (χ1n) is 52.3. The lowest BCUT2D eigenvalue weighted by atomic mass is 9.82. The zero-order valence-corrected chi connectivity index (χ0v) is 80.0. The molecular formula is C98H160N18O16. The Hall–Kier alpha value is -8.56. The van der Waals surface area contributed by atoms with E-state index in [0.29, 0.717) is 247 Å². The van der Waals surface area contributed by atoms with Crippen LogP contribution in [0.25, 0.3) is 0 Å². The molecule has 132 heavy (non-hydrogen) atoms. The Labute approximate surface area is 783 Å². The van der Waals surface area contributed by atoms with Gasteiger partial charge in [0.1, 0.15) is 0 Å². The van der Waals surface area contributed by atoms with Gasteiger partial charge in [-0.1, -0.05) is 0 Å². The van der Waals surface area contributed by atoms with Gasteiger partial charge in [-0.25, -0.2) is 0 Å². The summed E-state index contributed by atoms with van der Waals surface area (Å²) in [5, 5.41) is 0. The first kappa shape index (κ1) is 102. The highest BCUT2D eigenvalue weighted by atomic mass is 16.2. The Balaban J connectivity index is 0.000000157. The summed E-state index contributed by atoms with van der Waals surface area (Å²) in [6.07, 6.45) is 41.6. The second kappa shape index (κ2) is 50.3. The second-order valence-electron chi connectivity index (χ2n) is 39.9. The third kappa shape index (κ3) is 23.7. The van der Waals surface area contributed by atoms with Crippen LogP contribution in [0.5, 0.6) is 0 Å². The van der Waals surface area contributed by atoms with Crippen molar-refractivity contribution in [2.45, 2.75) is 330 Å². The molecule has 0 saturated carbocycles. The molecule has 4 N–H and O–H groups in total. The van der Waals surface area contributed by atoms with Gasteiger partial charge in [0.15, 0.2) is 0 Å². The van der Waals surface area contributed by atoms with E-state index in [1.807, 2.05) is 0 Å². The lowest BCUT2D eigenvalue weighted by Gasteiger charge is -2.49. The molecule has 16 saturated heterocycles. The average molecular weight is 1850 g/mol. The lowest BCUT2D eigenvalue weighted by molar-refractivity contribution is -0.173. The molecule has 34 heteroatoms. The van der Waals surface area contributed by atoms with Crippen molar-refractivity contribution >= 4 is 94.5 Å². The number of nitrogens with zero attached hydrogens (tertiary/aromatic N) is 16. The van der Waals surface area contributed by atoms with Gasteiger partial charge in [-0.15, -0.1) is 0 Å². The third-order valence-electron chi connectivity index (χ3n) is 31.0. The van der Waals surface area contributed by atoms with Gasteiger partial charge in [0.25, 0.3) is 47.3 Å². The lowest BCUT2D eigenvalue weighted by Crippen LogP contribution is -2.72. The zero-order chi connectivity index (χ0) is 93.6. The van der Waals surface area contributed by atoms with Crippen molar-refractivity contribution in [3.05, 3.63) is 0 Å². The second-order valence-corrected chi connectivity index (χ2v) is 39.9. The minimum absolute atomic E-state index is 0.257. The SMILES string of the molecule is NCCN.O=C(C(=O)N1CCCCC1(C(=O)N1CCCCC1)C(=O)N1CCCCC1)N1CCCCC1.O=C(C(=O)N1CCCCC1(C(=O)N1CCCCC1)C(=O)N1CCCCC1)N1CCCCC1.O=C(C(=O)N1CCCCC1(C(=O)N1CCCCC1)C(=O)N1CCCCC1)N1CCCCC1.O=C(C(=O)N1CCCCC1(C(=O)N1CCCCC1)C(=O)N1CCCCC1)N1CCCCC1. The topological polar surface area (TPSA) is 377 Å². The van der Waals surface area contributed by atoms with Crippen molar-refractivity contribution in [1.29, 1.82) is 0 Å². The van der Waals surface area contributed by atoms with Crippen LogP contribution in [0, 0.1) is 0 Å². The molecule has 0 aromatic rings. The van der Waals surface area contributed by atoms with Crippen molar-refractivity contribution in [1.82, 2.24) is 78.4 Å². The first-order chi connectivity index (χ1) is 64.1. The van der Waals surface area contributed by atoms with Gasteiger partial charge in [-0.3, -0.25) is 76.7 Å². The quantitative estimate of drug-likeness (QED) is 0.197. The van der Waals surface area contributed by atoms with E-state index in [0.717, 1.165) is 231 Å². The van der Waals surface area contributed by atoms with Crippen molar-refractivity contribution in [2.24, 2.45) is 11.5 Å². The maximum atomic E-state index is 14.0. The summed E-state index contributed by atoms with van der Waals surface area (Å²) in [4.78, 5) is 246. The standard InChI is InChI=1S/4C24H38N4O4.C2H8N2/c4*29-20(25-13-5-1-6-14-25)21(30)28-19-11-4-12-24(28,22(31)26-15-7-2-8-16-26)23(32)27-17-9-3-10-18-27;3-1-2-4/h4*1-19H2;1-4H2. The monoisotopic (exact) mass is 1850 g/mol. The molecule has 16 heterocycles. The Morgan fingerprint density at radius 3 is 0.356 bits per heavy atom. The van der Waals surface area contributed by atoms with Gasteiger partial charge in [-0.05, 0) is 308 Å². The summed E-state index contributed by atoms with van der Waals surface area (Å²) in [5.41, 5.74) is 3.57. The highest BCUT2D eigenvalue weighted by Crippen LogP contribution is 2.41. The van der Waals surface area contributed by atoms with Crippen molar-refractivity contribution in [3.63, 3.8) is 0 Å². The van der Waals surface area contributed by atoms with E-state index in [1.165, 1.54) is 19.6 Å². The predicted molar refractivity (Wildman–Crippen MR) is 496 cm³/mol. The number of carbonyl (C=O) groups excluding carboxylic acids is 16. The van der Waals surface area contributed by atoms with Gasteiger partial charge in [0, 0.05) is 196 Å². The zero-order valence-electron chi connectivity index (χ0n) is 80.0. The van der Waals surface area contributed by atoms with Crippen LogP contribution in [-0.2, 0) is 76.7 Å². The number of piperidine rings is 16. The molecule has 16 rings (SSSR count). The van der Waals surface area contributed by atoms with Gasteiger partial charge < -0.3 is 89.9 Å². The van der Waals surface area contributed by atoms with Gasteiger partial charge in [0.2, 0.25) is 22.2 Å². The molecule has 0 unspecified atom stereocenters. The molecule has 0 aromatic heterocycles. The minimum Gasteiger partial charge on any atom is -0.340 e. The van der Waals surface area contributed by atoms with Gasteiger partial charge >= 0.3 is 47.3 Å². The van der Waals surface area contributed by atoms with Crippen LogP contribution in [0.4, 0.5) is 0 Å². The van der Waals surface area contributed by atoms with Crippen molar-refractivity contribution < 1.29 is 76.7 Å². The summed E-state index contributed by atoms with van der Waals surface area (Å²) >= 11 is 0. The third-order valence-corrected chi connectivity index (χ3v) is 31.0. The fourth-order valence-electron chi connectivity index (χ4n) is 23.4. The fraction of sp³-hybridized carbons (Fsp3) is 0.837. The molecule has 0 spiro atoms.